The molecule has 2 amide bonds. The van der Waals surface area contributed by atoms with Crippen LogP contribution in [0, 0.1) is 11.6 Å². The fourth-order valence-corrected chi connectivity index (χ4v) is 3.02. The van der Waals surface area contributed by atoms with Gasteiger partial charge in [-0.15, -0.1) is 0 Å². The van der Waals surface area contributed by atoms with Gasteiger partial charge in [0.25, 0.3) is 5.91 Å². The second-order valence-electron chi connectivity index (χ2n) is 6.01. The molecular weight excluding hydrogens is 326 g/mol. The largest absolute Gasteiger partial charge is 0.343 e. The van der Waals surface area contributed by atoms with Crippen LogP contribution in [0.4, 0.5) is 14.5 Å². The number of amides is 2. The predicted octanol–water partition coefficient (Wildman–Crippen LogP) is 3.21. The van der Waals surface area contributed by atoms with E-state index in [1.807, 2.05) is 12.1 Å². The van der Waals surface area contributed by atoms with Crippen LogP contribution in [0.15, 0.2) is 36.4 Å². The van der Waals surface area contributed by atoms with E-state index in [-0.39, 0.29) is 12.1 Å². The molecule has 0 saturated carbocycles. The molecule has 25 heavy (non-hydrogen) atoms. The molecule has 3 rings (SSSR count). The summed E-state index contributed by atoms with van der Waals surface area (Å²) in [6.45, 7) is -0.292. The van der Waals surface area contributed by atoms with Crippen LogP contribution in [0.3, 0.4) is 0 Å². The smallest absolute Gasteiger partial charge is 0.254 e. The summed E-state index contributed by atoms with van der Waals surface area (Å²) in [5.74, 6) is -2.88. The molecule has 6 heteroatoms. The van der Waals surface area contributed by atoms with Gasteiger partial charge in [0.1, 0.15) is 11.6 Å². The molecule has 0 saturated heterocycles. The molecule has 0 heterocycles. The molecule has 1 aliphatic rings. The maximum atomic E-state index is 13.6. The van der Waals surface area contributed by atoms with Crippen molar-refractivity contribution in [1.29, 1.82) is 0 Å². The molecule has 0 radical (unpaired) electrons. The lowest BCUT2D eigenvalue weighted by Gasteiger charge is -2.19. The molecule has 0 spiro atoms. The summed E-state index contributed by atoms with van der Waals surface area (Å²) >= 11 is 0. The number of rotatable bonds is 4. The summed E-state index contributed by atoms with van der Waals surface area (Å²) in [6, 6.07) is 8.46. The van der Waals surface area contributed by atoms with Gasteiger partial charge in [-0.25, -0.2) is 8.78 Å². The van der Waals surface area contributed by atoms with Crippen LogP contribution in [0.2, 0.25) is 0 Å². The zero-order chi connectivity index (χ0) is 17.8. The Morgan fingerprint density at radius 1 is 1.04 bits per heavy atom. The number of carbonyl (C=O) groups is 2. The molecule has 2 aromatic rings. The number of aryl methyl sites for hydroxylation is 1. The molecule has 0 unspecified atom stereocenters. The molecule has 0 bridgehead atoms. The monoisotopic (exact) mass is 344 g/mol. The fourth-order valence-electron chi connectivity index (χ4n) is 3.02. The van der Waals surface area contributed by atoms with Gasteiger partial charge in [-0.3, -0.25) is 9.59 Å². The lowest BCUT2D eigenvalue weighted by molar-refractivity contribution is -0.115. The summed E-state index contributed by atoms with van der Waals surface area (Å²) in [5, 5.41) is 5.14. The van der Waals surface area contributed by atoms with Crippen molar-refractivity contribution in [3.8, 4) is 0 Å². The molecule has 130 valence electrons. The summed E-state index contributed by atoms with van der Waals surface area (Å²) in [6.07, 6.45) is 4.14. The Morgan fingerprint density at radius 3 is 2.64 bits per heavy atom. The zero-order valence-electron chi connectivity index (χ0n) is 13.6. The van der Waals surface area contributed by atoms with Crippen LogP contribution >= 0.6 is 0 Å². The molecule has 0 aromatic heterocycles. The van der Waals surface area contributed by atoms with Crippen molar-refractivity contribution in [2.24, 2.45) is 0 Å². The number of halogens is 2. The highest BCUT2D eigenvalue weighted by Gasteiger charge is 2.16. The molecule has 2 aromatic carbocycles. The minimum atomic E-state index is -0.963. The van der Waals surface area contributed by atoms with E-state index in [0.717, 1.165) is 49.1 Å². The minimum Gasteiger partial charge on any atom is -0.343 e. The van der Waals surface area contributed by atoms with E-state index in [0.29, 0.717) is 6.07 Å². The van der Waals surface area contributed by atoms with Crippen molar-refractivity contribution in [1.82, 2.24) is 5.32 Å². The van der Waals surface area contributed by atoms with E-state index < -0.39 is 23.4 Å². The quantitative estimate of drug-likeness (QED) is 0.895. The van der Waals surface area contributed by atoms with Gasteiger partial charge >= 0.3 is 0 Å². The third-order valence-corrected chi connectivity index (χ3v) is 4.26. The first-order valence-corrected chi connectivity index (χ1v) is 8.18. The van der Waals surface area contributed by atoms with Crippen molar-refractivity contribution >= 4 is 17.5 Å². The van der Waals surface area contributed by atoms with Crippen LogP contribution in [0.25, 0.3) is 0 Å². The second-order valence-corrected chi connectivity index (χ2v) is 6.01. The van der Waals surface area contributed by atoms with Gasteiger partial charge in [-0.1, -0.05) is 12.1 Å². The zero-order valence-corrected chi connectivity index (χ0v) is 13.6. The maximum Gasteiger partial charge on any atom is 0.254 e. The lowest BCUT2D eigenvalue weighted by atomic mass is 9.90. The lowest BCUT2D eigenvalue weighted by Crippen LogP contribution is -2.33. The van der Waals surface area contributed by atoms with E-state index in [4.69, 9.17) is 0 Å². The van der Waals surface area contributed by atoms with E-state index in [2.05, 4.69) is 16.7 Å². The Morgan fingerprint density at radius 2 is 1.84 bits per heavy atom. The van der Waals surface area contributed by atoms with Crippen LogP contribution < -0.4 is 10.6 Å². The van der Waals surface area contributed by atoms with Gasteiger partial charge < -0.3 is 10.6 Å². The van der Waals surface area contributed by atoms with Crippen molar-refractivity contribution in [3.63, 3.8) is 0 Å². The van der Waals surface area contributed by atoms with Gasteiger partial charge in [0.2, 0.25) is 5.91 Å². The molecular formula is C19H18F2N2O2. The van der Waals surface area contributed by atoms with Gasteiger partial charge in [0.05, 0.1) is 12.1 Å². The number of nitrogens with one attached hydrogen (secondary N) is 2. The highest BCUT2D eigenvalue weighted by molar-refractivity contribution is 5.99. The minimum absolute atomic E-state index is 0.292. The Labute approximate surface area is 144 Å². The van der Waals surface area contributed by atoms with Gasteiger partial charge in [0, 0.05) is 11.8 Å². The van der Waals surface area contributed by atoms with Crippen molar-refractivity contribution in [3.05, 3.63) is 64.7 Å². The first-order valence-electron chi connectivity index (χ1n) is 8.18. The average molecular weight is 344 g/mol. The van der Waals surface area contributed by atoms with Crippen LogP contribution in [-0.2, 0) is 17.6 Å². The predicted molar refractivity (Wildman–Crippen MR) is 90.4 cm³/mol. The standard InChI is InChI=1S/C19H18F2N2O2/c20-13-8-9-15(16(21)10-13)19(25)22-11-18(24)23-17-7-3-5-12-4-1-2-6-14(12)17/h3,5,7-10H,1-2,4,6,11H2,(H,22,25)(H,23,24). The Balaban J connectivity index is 1.61. The number of hydrogen-bond donors (Lipinski definition) is 2. The molecule has 0 fully saturated rings. The topological polar surface area (TPSA) is 58.2 Å². The van der Waals surface area contributed by atoms with E-state index in [9.17, 15) is 18.4 Å². The van der Waals surface area contributed by atoms with Gasteiger partial charge in [0.15, 0.2) is 0 Å². The Hall–Kier alpha value is -2.76. The maximum absolute atomic E-state index is 13.6. The van der Waals surface area contributed by atoms with Crippen LogP contribution in [0.1, 0.15) is 34.3 Å². The molecule has 0 aliphatic heterocycles. The first kappa shape index (κ1) is 17.1. The summed E-state index contributed by atoms with van der Waals surface area (Å²) in [5.41, 5.74) is 2.83. The Kier molecular flexibility index (Phi) is 5.07. The second kappa shape index (κ2) is 7.42. The van der Waals surface area contributed by atoms with E-state index >= 15 is 0 Å². The van der Waals surface area contributed by atoms with Crippen molar-refractivity contribution < 1.29 is 18.4 Å². The number of carbonyl (C=O) groups excluding carboxylic acids is 2. The molecule has 1 aliphatic carbocycles. The number of hydrogen-bond acceptors (Lipinski definition) is 2. The van der Waals surface area contributed by atoms with Crippen LogP contribution in [0.5, 0.6) is 0 Å². The summed E-state index contributed by atoms with van der Waals surface area (Å²) in [4.78, 5) is 24.0. The number of anilines is 1. The molecule has 0 atom stereocenters. The summed E-state index contributed by atoms with van der Waals surface area (Å²) < 4.78 is 26.4. The molecule has 4 nitrogen and oxygen atoms in total. The number of fused-ring (bicyclic) bond motifs is 1. The van der Waals surface area contributed by atoms with E-state index in [1.165, 1.54) is 5.56 Å². The first-order chi connectivity index (χ1) is 12.0. The van der Waals surface area contributed by atoms with Crippen molar-refractivity contribution in [2.45, 2.75) is 25.7 Å². The SMILES string of the molecule is O=C(CNC(=O)c1ccc(F)cc1F)Nc1cccc2c1CCCC2. The van der Waals surface area contributed by atoms with E-state index in [1.54, 1.807) is 0 Å². The van der Waals surface area contributed by atoms with Gasteiger partial charge in [-0.05, 0) is 55.0 Å². The average Bonchev–Trinajstić information content (AvgIpc) is 2.60. The van der Waals surface area contributed by atoms with Crippen LogP contribution in [-0.4, -0.2) is 18.4 Å². The van der Waals surface area contributed by atoms with Crippen molar-refractivity contribution in [2.75, 3.05) is 11.9 Å². The highest BCUT2D eigenvalue weighted by Crippen LogP contribution is 2.27. The normalized spacial score (nSPS) is 13.0. The number of benzene rings is 2. The third-order valence-electron chi connectivity index (χ3n) is 4.26. The Bertz CT molecular complexity index is 821. The third kappa shape index (κ3) is 4.02. The fraction of sp³-hybridized carbons (Fsp3) is 0.263. The highest BCUT2D eigenvalue weighted by atomic mass is 19.1. The molecule has 2 N–H and O–H groups in total. The van der Waals surface area contributed by atoms with Gasteiger partial charge in [-0.2, -0.15) is 0 Å². The summed E-state index contributed by atoms with van der Waals surface area (Å²) in [7, 11) is 0.